The molecule has 1 amide bonds. The van der Waals surface area contributed by atoms with Crippen molar-refractivity contribution in [3.8, 4) is 0 Å². The molecule has 0 aliphatic rings. The molecule has 2 N–H and O–H groups in total. The summed E-state index contributed by atoms with van der Waals surface area (Å²) in [5.74, 6) is -0.876. The number of hydrogen-bond donors (Lipinski definition) is 2. The van der Waals surface area contributed by atoms with Gasteiger partial charge < -0.3 is 15.0 Å². The predicted molar refractivity (Wildman–Crippen MR) is 103 cm³/mol. The summed E-state index contributed by atoms with van der Waals surface area (Å²) in [6, 6.07) is 15.3. The summed E-state index contributed by atoms with van der Waals surface area (Å²) in [6.45, 7) is 0.0500. The number of esters is 1. The van der Waals surface area contributed by atoms with Crippen LogP contribution in [0.5, 0.6) is 0 Å². The quantitative estimate of drug-likeness (QED) is 0.478. The summed E-state index contributed by atoms with van der Waals surface area (Å²) in [4.78, 5) is 27.1. The number of benzene rings is 2. The van der Waals surface area contributed by atoms with Gasteiger partial charge in [-0.25, -0.2) is 4.68 Å². The monoisotopic (exact) mass is 377 g/mol. The summed E-state index contributed by atoms with van der Waals surface area (Å²) in [5.41, 5.74) is 3.64. The van der Waals surface area contributed by atoms with Crippen molar-refractivity contribution in [1.29, 1.82) is 0 Å². The van der Waals surface area contributed by atoms with Gasteiger partial charge in [0.05, 0.1) is 5.52 Å². The Kier molecular flexibility index (Phi) is 5.01. The molecule has 2 aromatic heterocycles. The van der Waals surface area contributed by atoms with Crippen LogP contribution >= 0.6 is 0 Å². The van der Waals surface area contributed by atoms with E-state index >= 15 is 0 Å². The number of aromatic nitrogens is 4. The van der Waals surface area contributed by atoms with Crippen molar-refractivity contribution in [2.24, 2.45) is 0 Å². The third-order valence-electron chi connectivity index (χ3n) is 4.45. The summed E-state index contributed by atoms with van der Waals surface area (Å²) < 4.78 is 6.49. The van der Waals surface area contributed by atoms with Crippen LogP contribution in [0.25, 0.3) is 21.9 Å². The first-order valence-corrected chi connectivity index (χ1v) is 8.96. The van der Waals surface area contributed by atoms with Crippen molar-refractivity contribution in [3.63, 3.8) is 0 Å². The maximum absolute atomic E-state index is 12.0. The molecule has 0 spiro atoms. The lowest BCUT2D eigenvalue weighted by Gasteiger charge is -2.07. The summed E-state index contributed by atoms with van der Waals surface area (Å²) in [7, 11) is 0. The molecule has 0 fully saturated rings. The Hall–Kier alpha value is -3.68. The normalized spacial score (nSPS) is 11.0. The number of para-hydroxylation sites is 2. The second-order valence-electron chi connectivity index (χ2n) is 6.36. The van der Waals surface area contributed by atoms with Gasteiger partial charge in [-0.3, -0.25) is 9.59 Å². The van der Waals surface area contributed by atoms with E-state index in [-0.39, 0.29) is 19.1 Å². The van der Waals surface area contributed by atoms with Crippen LogP contribution in [0.1, 0.15) is 5.56 Å². The molecule has 2 heterocycles. The molecule has 4 aromatic rings. The van der Waals surface area contributed by atoms with Crippen LogP contribution in [0.15, 0.2) is 54.7 Å². The Balaban J connectivity index is 1.22. The number of H-pyrrole nitrogens is 1. The average molecular weight is 377 g/mol. The van der Waals surface area contributed by atoms with Crippen LogP contribution < -0.4 is 5.32 Å². The molecule has 4 rings (SSSR count). The van der Waals surface area contributed by atoms with Crippen LogP contribution in [-0.4, -0.2) is 45.0 Å². The molecule has 0 aliphatic carbocycles. The van der Waals surface area contributed by atoms with Crippen molar-refractivity contribution < 1.29 is 14.3 Å². The first-order chi connectivity index (χ1) is 13.7. The van der Waals surface area contributed by atoms with E-state index < -0.39 is 5.97 Å². The molecule has 8 nitrogen and oxygen atoms in total. The topological polar surface area (TPSA) is 102 Å². The zero-order valence-electron chi connectivity index (χ0n) is 15.1. The van der Waals surface area contributed by atoms with Crippen LogP contribution in [0.3, 0.4) is 0 Å². The van der Waals surface area contributed by atoms with E-state index in [1.165, 1.54) is 4.68 Å². The number of aromatic amines is 1. The molecule has 8 heteroatoms. The number of hydrogen-bond acceptors (Lipinski definition) is 5. The minimum Gasteiger partial charge on any atom is -0.454 e. The summed E-state index contributed by atoms with van der Waals surface area (Å²) in [5, 5.41) is 11.8. The Bertz CT molecular complexity index is 1130. The Morgan fingerprint density at radius 1 is 1.11 bits per heavy atom. The van der Waals surface area contributed by atoms with Gasteiger partial charge in [-0.15, -0.1) is 5.10 Å². The van der Waals surface area contributed by atoms with E-state index in [0.29, 0.717) is 18.5 Å². The van der Waals surface area contributed by atoms with Crippen molar-refractivity contribution in [2.75, 3.05) is 13.2 Å². The lowest BCUT2D eigenvalue weighted by atomic mass is 10.1. The van der Waals surface area contributed by atoms with Gasteiger partial charge in [0.1, 0.15) is 12.1 Å². The SMILES string of the molecule is O=C(COC(=O)Cn1nnc2ccccc21)NCCc1c[nH]c2ccccc12. The lowest BCUT2D eigenvalue weighted by molar-refractivity contribution is -0.149. The van der Waals surface area contributed by atoms with Crippen molar-refractivity contribution in [3.05, 3.63) is 60.3 Å². The van der Waals surface area contributed by atoms with E-state index in [9.17, 15) is 9.59 Å². The zero-order chi connectivity index (χ0) is 19.3. The molecule has 0 atom stereocenters. The van der Waals surface area contributed by atoms with E-state index in [2.05, 4.69) is 20.6 Å². The zero-order valence-corrected chi connectivity index (χ0v) is 15.1. The fourth-order valence-electron chi connectivity index (χ4n) is 3.07. The van der Waals surface area contributed by atoms with Gasteiger partial charge in [-0.05, 0) is 30.2 Å². The Morgan fingerprint density at radius 3 is 2.86 bits per heavy atom. The minimum absolute atomic E-state index is 0.0941. The maximum atomic E-state index is 12.0. The van der Waals surface area contributed by atoms with E-state index in [1.807, 2.05) is 54.7 Å². The van der Waals surface area contributed by atoms with Gasteiger partial charge in [0, 0.05) is 23.6 Å². The van der Waals surface area contributed by atoms with E-state index in [1.54, 1.807) is 0 Å². The maximum Gasteiger partial charge on any atom is 0.328 e. The van der Waals surface area contributed by atoms with E-state index in [4.69, 9.17) is 4.74 Å². The largest absolute Gasteiger partial charge is 0.454 e. The van der Waals surface area contributed by atoms with E-state index in [0.717, 1.165) is 22.0 Å². The highest BCUT2D eigenvalue weighted by molar-refractivity contribution is 5.83. The third kappa shape index (κ3) is 3.85. The molecular formula is C20H19N5O3. The molecule has 0 saturated carbocycles. The number of ether oxygens (including phenoxy) is 1. The smallest absolute Gasteiger partial charge is 0.328 e. The number of nitrogens with one attached hydrogen (secondary N) is 2. The molecule has 0 bridgehead atoms. The first-order valence-electron chi connectivity index (χ1n) is 8.96. The number of fused-ring (bicyclic) bond motifs is 2. The summed E-state index contributed by atoms with van der Waals surface area (Å²) >= 11 is 0. The van der Waals surface area contributed by atoms with Gasteiger partial charge in [-0.1, -0.05) is 35.5 Å². The molecule has 142 valence electrons. The molecule has 0 unspecified atom stereocenters. The van der Waals surface area contributed by atoms with Crippen LogP contribution in [-0.2, 0) is 27.3 Å². The second-order valence-corrected chi connectivity index (χ2v) is 6.36. The molecular weight excluding hydrogens is 358 g/mol. The highest BCUT2D eigenvalue weighted by Crippen LogP contribution is 2.17. The van der Waals surface area contributed by atoms with Gasteiger partial charge >= 0.3 is 5.97 Å². The number of nitrogens with zero attached hydrogens (tertiary/aromatic N) is 3. The number of carbonyl (C=O) groups is 2. The van der Waals surface area contributed by atoms with Crippen LogP contribution in [0.4, 0.5) is 0 Å². The first kappa shape index (κ1) is 17.7. The molecule has 0 aliphatic heterocycles. The molecule has 2 aromatic carbocycles. The van der Waals surface area contributed by atoms with Gasteiger partial charge in [0.2, 0.25) is 0 Å². The average Bonchev–Trinajstić information content (AvgIpc) is 3.31. The second kappa shape index (κ2) is 7.91. The Labute approximate surface area is 160 Å². The Morgan fingerprint density at radius 2 is 1.93 bits per heavy atom. The lowest BCUT2D eigenvalue weighted by Crippen LogP contribution is -2.31. The highest BCUT2D eigenvalue weighted by Gasteiger charge is 2.12. The van der Waals surface area contributed by atoms with Gasteiger partial charge in [0.15, 0.2) is 6.61 Å². The number of carbonyl (C=O) groups excluding carboxylic acids is 2. The predicted octanol–water partition coefficient (Wildman–Crippen LogP) is 1.81. The van der Waals surface area contributed by atoms with Crippen LogP contribution in [0.2, 0.25) is 0 Å². The van der Waals surface area contributed by atoms with Gasteiger partial charge in [-0.2, -0.15) is 0 Å². The minimum atomic E-state index is -0.539. The third-order valence-corrected chi connectivity index (χ3v) is 4.45. The summed E-state index contributed by atoms with van der Waals surface area (Å²) in [6.07, 6.45) is 2.63. The molecule has 28 heavy (non-hydrogen) atoms. The highest BCUT2D eigenvalue weighted by atomic mass is 16.5. The van der Waals surface area contributed by atoms with Crippen LogP contribution in [0, 0.1) is 0 Å². The van der Waals surface area contributed by atoms with Crippen molar-refractivity contribution in [2.45, 2.75) is 13.0 Å². The van der Waals surface area contributed by atoms with Crippen molar-refractivity contribution in [1.82, 2.24) is 25.3 Å². The fourth-order valence-corrected chi connectivity index (χ4v) is 3.07. The number of amides is 1. The number of rotatable bonds is 7. The van der Waals surface area contributed by atoms with Gasteiger partial charge in [0.25, 0.3) is 5.91 Å². The standard InChI is InChI=1S/C20H19N5O3/c26-19(21-10-9-14-11-22-16-6-2-1-5-15(14)16)13-28-20(27)12-25-18-8-4-3-7-17(18)23-24-25/h1-8,11,22H,9-10,12-13H2,(H,21,26). The van der Waals surface area contributed by atoms with Crippen molar-refractivity contribution >= 4 is 33.8 Å². The molecule has 0 saturated heterocycles. The molecule has 0 radical (unpaired) electrons. The fraction of sp³-hybridized carbons (Fsp3) is 0.200.